The number of ether oxygens (including phenoxy) is 1. The summed E-state index contributed by atoms with van der Waals surface area (Å²) in [5.74, 6) is 1.64. The van der Waals surface area contributed by atoms with Gasteiger partial charge in [0.05, 0.1) is 7.11 Å². The Bertz CT molecular complexity index is 1200. The van der Waals surface area contributed by atoms with Crippen molar-refractivity contribution in [3.05, 3.63) is 89.5 Å². The van der Waals surface area contributed by atoms with Crippen molar-refractivity contribution in [2.75, 3.05) is 7.11 Å². The highest BCUT2D eigenvalue weighted by Crippen LogP contribution is 2.30. The first-order valence-electron chi connectivity index (χ1n) is 9.92. The summed E-state index contributed by atoms with van der Waals surface area (Å²) in [7, 11) is 1.64. The molecule has 0 saturated heterocycles. The maximum Gasteiger partial charge on any atom is 0.274 e. The molecular weight excluding hydrogens is 424 g/mol. The van der Waals surface area contributed by atoms with Crippen molar-refractivity contribution >= 4 is 17.7 Å². The molecule has 0 unspecified atom stereocenters. The quantitative estimate of drug-likeness (QED) is 0.244. The van der Waals surface area contributed by atoms with Crippen molar-refractivity contribution in [2.24, 2.45) is 0 Å². The number of carbonyl (C=O) groups excluding carboxylic acids is 1. The van der Waals surface area contributed by atoms with Crippen LogP contribution in [0.3, 0.4) is 0 Å². The molecule has 0 fully saturated rings. The standard InChI is InChI=1S/C24H22N4O3S/c1-16-3-7-18(8-4-16)22-25-26-24(28(22)20-11-13-21(31-2)14-12-20)32-15-17-5-9-19(10-6-17)23(29)27-30/h3-14,30H,15H2,1-2H3,(H,27,29). The zero-order valence-corrected chi connectivity index (χ0v) is 18.5. The lowest BCUT2D eigenvalue weighted by atomic mass is 10.1. The van der Waals surface area contributed by atoms with E-state index in [1.54, 1.807) is 36.5 Å². The van der Waals surface area contributed by atoms with E-state index in [1.165, 1.54) is 5.56 Å². The maximum atomic E-state index is 11.5. The topological polar surface area (TPSA) is 89.3 Å². The van der Waals surface area contributed by atoms with Gasteiger partial charge in [0.2, 0.25) is 0 Å². The monoisotopic (exact) mass is 446 g/mol. The lowest BCUT2D eigenvalue weighted by Crippen LogP contribution is -2.18. The number of thioether (sulfide) groups is 1. The molecular formula is C24H22N4O3S. The third kappa shape index (κ3) is 4.66. The fourth-order valence-corrected chi connectivity index (χ4v) is 4.09. The molecule has 0 spiro atoms. The summed E-state index contributed by atoms with van der Waals surface area (Å²) in [5, 5.41) is 18.4. The molecule has 0 aliphatic carbocycles. The van der Waals surface area contributed by atoms with Crippen molar-refractivity contribution in [3.63, 3.8) is 0 Å². The summed E-state index contributed by atoms with van der Waals surface area (Å²) in [4.78, 5) is 11.5. The molecule has 32 heavy (non-hydrogen) atoms. The molecule has 0 saturated carbocycles. The summed E-state index contributed by atoms with van der Waals surface area (Å²) in [5.41, 5.74) is 6.14. The predicted molar refractivity (Wildman–Crippen MR) is 123 cm³/mol. The van der Waals surface area contributed by atoms with Crippen LogP contribution in [-0.2, 0) is 5.75 Å². The van der Waals surface area contributed by atoms with Crippen LogP contribution in [-0.4, -0.2) is 33.0 Å². The minimum atomic E-state index is -0.536. The third-order valence-electron chi connectivity index (χ3n) is 4.96. The first kappa shape index (κ1) is 21.6. The number of methoxy groups -OCH3 is 1. The molecule has 162 valence electrons. The van der Waals surface area contributed by atoms with E-state index in [-0.39, 0.29) is 0 Å². The molecule has 0 aliphatic rings. The van der Waals surface area contributed by atoms with Gasteiger partial charge in [-0.3, -0.25) is 14.6 Å². The van der Waals surface area contributed by atoms with Gasteiger partial charge in [0, 0.05) is 22.6 Å². The van der Waals surface area contributed by atoms with Crippen LogP contribution in [0.5, 0.6) is 5.75 Å². The number of benzene rings is 3. The van der Waals surface area contributed by atoms with Gasteiger partial charge in [0.15, 0.2) is 11.0 Å². The Kier molecular flexibility index (Phi) is 6.53. The van der Waals surface area contributed by atoms with Crippen LogP contribution in [0.2, 0.25) is 0 Å². The Hall–Kier alpha value is -3.62. The summed E-state index contributed by atoms with van der Waals surface area (Å²) in [6.45, 7) is 2.05. The summed E-state index contributed by atoms with van der Waals surface area (Å²) >= 11 is 1.55. The summed E-state index contributed by atoms with van der Waals surface area (Å²) in [6, 6.07) is 23.0. The molecule has 4 rings (SSSR count). The van der Waals surface area contributed by atoms with E-state index in [0.717, 1.165) is 33.5 Å². The van der Waals surface area contributed by atoms with E-state index in [0.29, 0.717) is 11.3 Å². The van der Waals surface area contributed by atoms with Crippen LogP contribution in [0.15, 0.2) is 78.0 Å². The second-order valence-corrected chi connectivity index (χ2v) is 8.07. The fraction of sp³-hybridized carbons (Fsp3) is 0.125. The molecule has 1 amide bonds. The van der Waals surface area contributed by atoms with Gasteiger partial charge in [-0.2, -0.15) is 0 Å². The Morgan fingerprint density at radius 1 is 1.00 bits per heavy atom. The largest absolute Gasteiger partial charge is 0.497 e. The molecule has 2 N–H and O–H groups in total. The van der Waals surface area contributed by atoms with Crippen LogP contribution < -0.4 is 10.2 Å². The Morgan fingerprint density at radius 2 is 1.69 bits per heavy atom. The fourth-order valence-electron chi connectivity index (χ4n) is 3.18. The minimum Gasteiger partial charge on any atom is -0.497 e. The number of carbonyl (C=O) groups is 1. The van der Waals surface area contributed by atoms with Crippen LogP contribution in [0.1, 0.15) is 21.5 Å². The number of rotatable bonds is 7. The maximum absolute atomic E-state index is 11.5. The smallest absolute Gasteiger partial charge is 0.274 e. The number of hydrogen-bond donors (Lipinski definition) is 2. The second kappa shape index (κ2) is 9.67. The predicted octanol–water partition coefficient (Wildman–Crippen LogP) is 4.66. The Labute approximate surface area is 190 Å². The third-order valence-corrected chi connectivity index (χ3v) is 5.96. The van der Waals surface area contributed by atoms with E-state index >= 15 is 0 Å². The number of nitrogens with one attached hydrogen (secondary N) is 1. The number of aryl methyl sites for hydroxylation is 1. The van der Waals surface area contributed by atoms with Crippen molar-refractivity contribution in [2.45, 2.75) is 17.8 Å². The number of hydrogen-bond acceptors (Lipinski definition) is 6. The number of amides is 1. The lowest BCUT2D eigenvalue weighted by molar-refractivity contribution is 0.0706. The molecule has 0 radical (unpaired) electrons. The highest BCUT2D eigenvalue weighted by molar-refractivity contribution is 7.98. The first-order valence-corrected chi connectivity index (χ1v) is 10.9. The van der Waals surface area contributed by atoms with E-state index in [1.807, 2.05) is 53.1 Å². The zero-order chi connectivity index (χ0) is 22.5. The highest BCUT2D eigenvalue weighted by Gasteiger charge is 2.16. The number of aromatic nitrogens is 3. The van der Waals surface area contributed by atoms with Crippen LogP contribution in [0.25, 0.3) is 17.1 Å². The van der Waals surface area contributed by atoms with Gasteiger partial charge in [0.1, 0.15) is 5.75 Å². The van der Waals surface area contributed by atoms with Crippen LogP contribution in [0, 0.1) is 6.92 Å². The van der Waals surface area contributed by atoms with Gasteiger partial charge in [-0.05, 0) is 48.9 Å². The molecule has 1 aromatic heterocycles. The number of hydroxylamine groups is 1. The van der Waals surface area contributed by atoms with E-state index < -0.39 is 5.91 Å². The SMILES string of the molecule is COc1ccc(-n2c(SCc3ccc(C(=O)NO)cc3)nnc2-c2ccc(C)cc2)cc1. The van der Waals surface area contributed by atoms with E-state index in [9.17, 15) is 4.79 Å². The van der Waals surface area contributed by atoms with E-state index in [2.05, 4.69) is 29.3 Å². The van der Waals surface area contributed by atoms with Crippen LogP contribution in [0.4, 0.5) is 0 Å². The average molecular weight is 447 g/mol. The van der Waals surface area contributed by atoms with Gasteiger partial charge >= 0.3 is 0 Å². The molecule has 3 aromatic carbocycles. The van der Waals surface area contributed by atoms with Gasteiger partial charge in [-0.15, -0.1) is 10.2 Å². The molecule has 7 nitrogen and oxygen atoms in total. The Balaban J connectivity index is 1.65. The normalized spacial score (nSPS) is 10.7. The van der Waals surface area contributed by atoms with Crippen molar-refractivity contribution in [1.82, 2.24) is 20.2 Å². The minimum absolute atomic E-state index is 0.393. The van der Waals surface area contributed by atoms with Crippen molar-refractivity contribution in [3.8, 4) is 22.8 Å². The molecule has 4 aromatic rings. The molecule has 0 atom stereocenters. The number of nitrogens with zero attached hydrogens (tertiary/aromatic N) is 3. The molecule has 0 aliphatic heterocycles. The molecule has 0 bridgehead atoms. The zero-order valence-electron chi connectivity index (χ0n) is 17.6. The van der Waals surface area contributed by atoms with Crippen LogP contribution >= 0.6 is 11.8 Å². The lowest BCUT2D eigenvalue weighted by Gasteiger charge is -2.11. The molecule has 1 heterocycles. The highest BCUT2D eigenvalue weighted by atomic mass is 32.2. The Morgan fingerprint density at radius 3 is 2.31 bits per heavy atom. The first-order chi connectivity index (χ1) is 15.6. The van der Waals surface area contributed by atoms with Gasteiger partial charge in [-0.25, -0.2) is 5.48 Å². The average Bonchev–Trinajstić information content (AvgIpc) is 3.27. The van der Waals surface area contributed by atoms with Gasteiger partial charge in [-0.1, -0.05) is 53.7 Å². The van der Waals surface area contributed by atoms with Crippen molar-refractivity contribution < 1.29 is 14.7 Å². The summed E-state index contributed by atoms with van der Waals surface area (Å²) in [6.07, 6.45) is 0. The van der Waals surface area contributed by atoms with Gasteiger partial charge in [0.25, 0.3) is 5.91 Å². The van der Waals surface area contributed by atoms with E-state index in [4.69, 9.17) is 9.94 Å². The van der Waals surface area contributed by atoms with Crippen molar-refractivity contribution in [1.29, 1.82) is 0 Å². The summed E-state index contributed by atoms with van der Waals surface area (Å²) < 4.78 is 7.32. The van der Waals surface area contributed by atoms with Gasteiger partial charge < -0.3 is 4.74 Å². The molecule has 8 heteroatoms. The second-order valence-electron chi connectivity index (χ2n) is 7.13.